The molecule has 3 heterocycles. The monoisotopic (exact) mass is 382 g/mol. The van der Waals surface area contributed by atoms with Gasteiger partial charge in [0.1, 0.15) is 0 Å². The lowest BCUT2D eigenvalue weighted by atomic mass is 10.4. The molecule has 0 amide bonds. The number of rotatable bonds is 5. The molecule has 1 saturated heterocycles. The van der Waals surface area contributed by atoms with Gasteiger partial charge in [0.25, 0.3) is 0 Å². The topological polar surface area (TPSA) is 71.4 Å². The zero-order valence-electron chi connectivity index (χ0n) is 10.1. The first-order chi connectivity index (χ1) is 9.79. The maximum Gasteiger partial charge on any atom is 0.190 e. The lowest BCUT2D eigenvalue weighted by molar-refractivity contribution is -0.661. The van der Waals surface area contributed by atoms with E-state index in [-0.39, 0.29) is 0 Å². The van der Waals surface area contributed by atoms with Crippen LogP contribution in [0.25, 0.3) is 0 Å². The number of nitrogens with zero attached hydrogens (tertiary/aromatic N) is 5. The third-order valence-corrected chi connectivity index (χ3v) is 8.39. The third-order valence-electron chi connectivity index (χ3n) is 2.33. The van der Waals surface area contributed by atoms with Crippen LogP contribution in [0.15, 0.2) is 17.4 Å². The van der Waals surface area contributed by atoms with Crippen LogP contribution in [-0.2, 0) is 12.6 Å². The summed E-state index contributed by atoms with van der Waals surface area (Å²) < 4.78 is 5.70. The number of nitrogens with two attached hydrogens (primary N) is 1. The average molecular weight is 383 g/mol. The molecular formula is C8H10N6S6. The van der Waals surface area contributed by atoms with Gasteiger partial charge in [-0.25, -0.2) is 4.31 Å². The summed E-state index contributed by atoms with van der Waals surface area (Å²) in [5, 5.41) is 18.5. The van der Waals surface area contributed by atoms with Crippen molar-refractivity contribution in [2.24, 2.45) is 0 Å². The molecule has 0 bridgehead atoms. The molecule has 2 N–H and O–H groups in total. The smallest absolute Gasteiger partial charge is 0.190 e. The van der Waals surface area contributed by atoms with E-state index in [2.05, 4.69) is 30.0 Å². The van der Waals surface area contributed by atoms with Crippen LogP contribution < -0.4 is 5.32 Å². The summed E-state index contributed by atoms with van der Waals surface area (Å²) in [4.78, 5) is 0. The second-order valence-electron chi connectivity index (χ2n) is 3.72. The van der Waals surface area contributed by atoms with Crippen LogP contribution in [0.5, 0.6) is 0 Å². The Morgan fingerprint density at radius 2 is 1.60 bits per heavy atom. The molecule has 20 heavy (non-hydrogen) atoms. The molecule has 6 nitrogen and oxygen atoms in total. The van der Waals surface area contributed by atoms with Crippen LogP contribution in [0.3, 0.4) is 0 Å². The molecule has 0 spiro atoms. The van der Waals surface area contributed by atoms with Crippen molar-refractivity contribution in [3.8, 4) is 0 Å². The van der Waals surface area contributed by atoms with Gasteiger partial charge < -0.3 is 29.3 Å². The van der Waals surface area contributed by atoms with E-state index >= 15 is 0 Å². The van der Waals surface area contributed by atoms with Crippen LogP contribution >= 0.6 is 56.2 Å². The Morgan fingerprint density at radius 3 is 2.30 bits per heavy atom. The molecular weight excluding hydrogens is 373 g/mol. The SMILES string of the molecule is [S-]c1nnc(SSc2nnc(SN3CC[NH2+]CC3)s2)s1. The lowest BCUT2D eigenvalue weighted by Gasteiger charge is -2.21. The Kier molecular flexibility index (Phi) is 5.73. The Balaban J connectivity index is 1.51. The maximum atomic E-state index is 4.94. The second kappa shape index (κ2) is 7.54. The van der Waals surface area contributed by atoms with Gasteiger partial charge in [0, 0.05) is 0 Å². The number of quaternary nitrogens is 1. The number of piperazine rings is 1. The van der Waals surface area contributed by atoms with E-state index in [9.17, 15) is 0 Å². The number of hydrogen-bond acceptors (Lipinski definition) is 11. The van der Waals surface area contributed by atoms with Crippen LogP contribution in [0.4, 0.5) is 0 Å². The van der Waals surface area contributed by atoms with Crippen molar-refractivity contribution in [1.82, 2.24) is 24.7 Å². The van der Waals surface area contributed by atoms with Crippen molar-refractivity contribution < 1.29 is 5.32 Å². The fourth-order valence-electron chi connectivity index (χ4n) is 1.50. The quantitative estimate of drug-likeness (QED) is 0.463. The van der Waals surface area contributed by atoms with E-state index in [0.29, 0.717) is 4.34 Å². The van der Waals surface area contributed by atoms with Gasteiger partial charge in [-0.3, -0.25) is 0 Å². The average Bonchev–Trinajstić information content (AvgIpc) is 3.07. The Labute approximate surface area is 141 Å². The van der Waals surface area contributed by atoms with E-state index in [1.165, 1.54) is 22.1 Å². The molecule has 2 aromatic rings. The van der Waals surface area contributed by atoms with Crippen molar-refractivity contribution in [3.05, 3.63) is 0 Å². The van der Waals surface area contributed by atoms with Crippen molar-refractivity contribution in [2.45, 2.75) is 17.4 Å². The van der Waals surface area contributed by atoms with Crippen molar-refractivity contribution in [3.63, 3.8) is 0 Å². The van der Waals surface area contributed by atoms with Crippen LogP contribution in [-0.4, -0.2) is 50.9 Å². The summed E-state index contributed by atoms with van der Waals surface area (Å²) >= 11 is 9.68. The molecule has 12 heteroatoms. The van der Waals surface area contributed by atoms with Gasteiger partial charge in [0.15, 0.2) is 8.68 Å². The molecule has 0 atom stereocenters. The number of hydrogen-bond donors (Lipinski definition) is 1. The predicted octanol–water partition coefficient (Wildman–Crippen LogP) is 0.981. The first-order valence-corrected chi connectivity index (χ1v) is 10.7. The van der Waals surface area contributed by atoms with E-state index in [1.54, 1.807) is 34.1 Å². The minimum Gasteiger partial charge on any atom is -0.406 e. The molecule has 1 fully saturated rings. The standard InChI is InChI=1S/C8H10N6S6/c15-5-10-12-7(16-5)19-20-8-13-11-6(17-8)18-14-3-1-9-2-4-14/h9H,1-4H2,(H,10,15). The highest BCUT2D eigenvalue weighted by atomic mass is 33.1. The summed E-state index contributed by atoms with van der Waals surface area (Å²) in [6, 6.07) is 0. The van der Waals surface area contributed by atoms with Gasteiger partial charge >= 0.3 is 0 Å². The molecule has 2 aromatic heterocycles. The van der Waals surface area contributed by atoms with Crippen molar-refractivity contribution in [1.29, 1.82) is 0 Å². The molecule has 0 unspecified atom stereocenters. The normalized spacial score (nSPS) is 16.6. The van der Waals surface area contributed by atoms with Gasteiger partial charge in [-0.05, 0) is 37.9 Å². The molecule has 0 aromatic carbocycles. The molecule has 0 aliphatic carbocycles. The summed E-state index contributed by atoms with van der Waals surface area (Å²) in [5.41, 5.74) is 0. The predicted molar refractivity (Wildman–Crippen MR) is 86.3 cm³/mol. The van der Waals surface area contributed by atoms with Crippen molar-refractivity contribution in [2.75, 3.05) is 26.2 Å². The fourth-order valence-corrected chi connectivity index (χ4v) is 7.00. The van der Waals surface area contributed by atoms with Crippen LogP contribution in [0, 0.1) is 0 Å². The first kappa shape index (κ1) is 15.2. The zero-order valence-corrected chi connectivity index (χ0v) is 15.0. The van der Waals surface area contributed by atoms with E-state index < -0.39 is 0 Å². The highest BCUT2D eigenvalue weighted by molar-refractivity contribution is 8.77. The lowest BCUT2D eigenvalue weighted by Crippen LogP contribution is -2.89. The molecule has 0 radical (unpaired) electrons. The minimum absolute atomic E-state index is 0.573. The summed E-state index contributed by atoms with van der Waals surface area (Å²) in [6.07, 6.45) is 0. The molecule has 1 aliphatic rings. The molecule has 1 aliphatic heterocycles. The molecule has 0 saturated carbocycles. The Morgan fingerprint density at radius 1 is 0.950 bits per heavy atom. The summed E-state index contributed by atoms with van der Waals surface area (Å²) in [5.74, 6) is 0. The Bertz CT molecular complexity index is 551. The molecule has 3 rings (SSSR count). The van der Waals surface area contributed by atoms with Gasteiger partial charge in [-0.1, -0.05) is 11.3 Å². The van der Waals surface area contributed by atoms with Gasteiger partial charge in [-0.2, -0.15) is 10.2 Å². The molecule has 108 valence electrons. The maximum absolute atomic E-state index is 4.94. The van der Waals surface area contributed by atoms with E-state index in [0.717, 1.165) is 39.2 Å². The fraction of sp³-hybridized carbons (Fsp3) is 0.500. The minimum atomic E-state index is 0.573. The Hall–Kier alpha value is 0.310. The third kappa shape index (κ3) is 4.40. The van der Waals surface area contributed by atoms with Crippen LogP contribution in [0.1, 0.15) is 0 Å². The van der Waals surface area contributed by atoms with Crippen molar-refractivity contribution >= 4 is 68.8 Å². The summed E-state index contributed by atoms with van der Waals surface area (Å²) in [6.45, 7) is 4.50. The second-order valence-corrected chi connectivity index (χ2v) is 10.3. The zero-order chi connectivity index (χ0) is 13.8. The van der Waals surface area contributed by atoms with E-state index in [1.807, 2.05) is 0 Å². The van der Waals surface area contributed by atoms with E-state index in [4.69, 9.17) is 12.6 Å². The van der Waals surface area contributed by atoms with Gasteiger partial charge in [0.2, 0.25) is 0 Å². The van der Waals surface area contributed by atoms with Crippen LogP contribution in [0.2, 0.25) is 0 Å². The largest absolute Gasteiger partial charge is 0.406 e. The highest BCUT2D eigenvalue weighted by Crippen LogP contribution is 2.41. The van der Waals surface area contributed by atoms with Gasteiger partial charge in [0.05, 0.1) is 30.5 Å². The van der Waals surface area contributed by atoms with Gasteiger partial charge in [-0.15, -0.1) is 10.2 Å². The first-order valence-electron chi connectivity index (χ1n) is 5.73. The summed E-state index contributed by atoms with van der Waals surface area (Å²) in [7, 11) is 3.08. The number of aromatic nitrogens is 4. The highest BCUT2D eigenvalue weighted by Gasteiger charge is 2.16.